The first kappa shape index (κ1) is 14.7. The highest BCUT2D eigenvalue weighted by Crippen LogP contribution is 2.20. The van der Waals surface area contributed by atoms with E-state index in [0.29, 0.717) is 6.61 Å². The Labute approximate surface area is 94.7 Å². The molecule has 0 aliphatic heterocycles. The third kappa shape index (κ3) is 5.97. The summed E-state index contributed by atoms with van der Waals surface area (Å²) in [6.07, 6.45) is 2.46. The summed E-state index contributed by atoms with van der Waals surface area (Å²) in [5.41, 5.74) is 0. The molecule has 0 amide bonds. The highest BCUT2D eigenvalue weighted by atomic mass is 28.4. The van der Waals surface area contributed by atoms with Gasteiger partial charge in [0, 0.05) is 13.2 Å². The van der Waals surface area contributed by atoms with Crippen LogP contribution in [0.25, 0.3) is 0 Å². The van der Waals surface area contributed by atoms with Crippen molar-refractivity contribution in [2.45, 2.75) is 39.3 Å². The molecule has 3 nitrogen and oxygen atoms in total. The normalized spacial score (nSPS) is 11.4. The van der Waals surface area contributed by atoms with E-state index >= 15 is 0 Å². The SMILES string of the molecule is C=COCCC[Si](CC)(OCC)OCC. The summed E-state index contributed by atoms with van der Waals surface area (Å²) in [4.78, 5) is 0. The second kappa shape index (κ2) is 8.94. The third-order valence-electron chi connectivity index (χ3n) is 2.29. The molecule has 0 aromatic rings. The predicted molar refractivity (Wildman–Crippen MR) is 65.1 cm³/mol. The second-order valence-electron chi connectivity index (χ2n) is 3.27. The summed E-state index contributed by atoms with van der Waals surface area (Å²) < 4.78 is 16.8. The zero-order valence-electron chi connectivity index (χ0n) is 10.3. The van der Waals surface area contributed by atoms with Gasteiger partial charge in [-0.3, -0.25) is 0 Å². The summed E-state index contributed by atoms with van der Waals surface area (Å²) in [6, 6.07) is 2.00. The zero-order chi connectivity index (χ0) is 11.6. The van der Waals surface area contributed by atoms with Gasteiger partial charge in [0.05, 0.1) is 12.9 Å². The molecule has 4 heteroatoms. The first-order valence-corrected chi connectivity index (χ1v) is 7.98. The lowest BCUT2D eigenvalue weighted by molar-refractivity contribution is 0.177. The molecule has 0 spiro atoms. The minimum atomic E-state index is -1.93. The van der Waals surface area contributed by atoms with Crippen LogP contribution >= 0.6 is 0 Å². The van der Waals surface area contributed by atoms with Crippen molar-refractivity contribution < 1.29 is 13.6 Å². The fourth-order valence-electron chi connectivity index (χ4n) is 1.60. The molecule has 0 aromatic carbocycles. The van der Waals surface area contributed by atoms with Crippen LogP contribution in [0.2, 0.25) is 12.1 Å². The summed E-state index contributed by atoms with van der Waals surface area (Å²) in [7, 11) is -1.93. The topological polar surface area (TPSA) is 27.7 Å². The molecule has 0 bridgehead atoms. The van der Waals surface area contributed by atoms with Crippen LogP contribution in [0.3, 0.4) is 0 Å². The summed E-state index contributed by atoms with van der Waals surface area (Å²) in [5, 5.41) is 0. The van der Waals surface area contributed by atoms with Crippen molar-refractivity contribution in [3.8, 4) is 0 Å². The Bertz CT molecular complexity index is 156. The Kier molecular flexibility index (Phi) is 8.75. The molecule has 0 N–H and O–H groups in total. The first-order valence-electron chi connectivity index (χ1n) is 5.75. The molecule has 0 heterocycles. The van der Waals surface area contributed by atoms with Gasteiger partial charge in [0.2, 0.25) is 0 Å². The predicted octanol–water partition coefficient (Wildman–Crippen LogP) is 3.07. The van der Waals surface area contributed by atoms with Crippen molar-refractivity contribution in [2.75, 3.05) is 19.8 Å². The maximum Gasteiger partial charge on any atom is 0.337 e. The van der Waals surface area contributed by atoms with Gasteiger partial charge in [-0.15, -0.1) is 0 Å². The molecular formula is C11H24O3Si. The highest BCUT2D eigenvalue weighted by Gasteiger charge is 2.34. The highest BCUT2D eigenvalue weighted by molar-refractivity contribution is 6.67. The lowest BCUT2D eigenvalue weighted by atomic mass is 10.5. The van der Waals surface area contributed by atoms with E-state index in [-0.39, 0.29) is 0 Å². The lowest BCUT2D eigenvalue weighted by Gasteiger charge is -2.28. The van der Waals surface area contributed by atoms with Gasteiger partial charge in [-0.25, -0.2) is 0 Å². The third-order valence-corrected chi connectivity index (χ3v) is 6.11. The number of rotatable bonds is 10. The molecule has 0 aliphatic carbocycles. The molecule has 0 saturated carbocycles. The van der Waals surface area contributed by atoms with Gasteiger partial charge in [0.25, 0.3) is 0 Å². The van der Waals surface area contributed by atoms with E-state index in [4.69, 9.17) is 13.6 Å². The van der Waals surface area contributed by atoms with Gasteiger partial charge < -0.3 is 13.6 Å². The fourth-order valence-corrected chi connectivity index (χ4v) is 4.47. The van der Waals surface area contributed by atoms with Gasteiger partial charge >= 0.3 is 8.56 Å². The quantitative estimate of drug-likeness (QED) is 0.329. The lowest BCUT2D eigenvalue weighted by Crippen LogP contribution is -2.41. The van der Waals surface area contributed by atoms with E-state index in [1.54, 1.807) is 0 Å². The maximum atomic E-state index is 5.83. The van der Waals surface area contributed by atoms with E-state index < -0.39 is 8.56 Å². The Hall–Kier alpha value is -0.323. The number of ether oxygens (including phenoxy) is 1. The smallest absolute Gasteiger partial charge is 0.337 e. The zero-order valence-corrected chi connectivity index (χ0v) is 11.3. The largest absolute Gasteiger partial charge is 0.502 e. The first-order chi connectivity index (χ1) is 7.24. The molecule has 0 fully saturated rings. The van der Waals surface area contributed by atoms with Crippen molar-refractivity contribution >= 4 is 8.56 Å². The summed E-state index contributed by atoms with van der Waals surface area (Å²) in [5.74, 6) is 0. The van der Waals surface area contributed by atoms with Gasteiger partial charge in [0.1, 0.15) is 0 Å². The minimum Gasteiger partial charge on any atom is -0.502 e. The Morgan fingerprint density at radius 3 is 2.13 bits per heavy atom. The molecule has 0 rings (SSSR count). The van der Waals surface area contributed by atoms with Crippen LogP contribution < -0.4 is 0 Å². The molecule has 0 saturated heterocycles. The Morgan fingerprint density at radius 1 is 1.13 bits per heavy atom. The fraction of sp³-hybridized carbons (Fsp3) is 0.818. The maximum absolute atomic E-state index is 5.83. The van der Waals surface area contributed by atoms with Crippen LogP contribution in [-0.2, 0) is 13.6 Å². The van der Waals surface area contributed by atoms with Crippen molar-refractivity contribution in [2.24, 2.45) is 0 Å². The van der Waals surface area contributed by atoms with Crippen molar-refractivity contribution in [1.29, 1.82) is 0 Å². The monoisotopic (exact) mass is 232 g/mol. The molecule has 0 atom stereocenters. The van der Waals surface area contributed by atoms with Crippen LogP contribution in [0.4, 0.5) is 0 Å². The molecule has 15 heavy (non-hydrogen) atoms. The summed E-state index contributed by atoms with van der Waals surface area (Å²) in [6.45, 7) is 11.9. The van der Waals surface area contributed by atoms with E-state index in [1.165, 1.54) is 6.26 Å². The molecule has 0 unspecified atom stereocenters. The van der Waals surface area contributed by atoms with Gasteiger partial charge in [0.15, 0.2) is 0 Å². The van der Waals surface area contributed by atoms with Crippen molar-refractivity contribution in [3.05, 3.63) is 12.8 Å². The van der Waals surface area contributed by atoms with Crippen molar-refractivity contribution in [3.63, 3.8) is 0 Å². The number of hydrogen-bond donors (Lipinski definition) is 0. The average Bonchev–Trinajstić information content (AvgIpc) is 2.25. The Morgan fingerprint density at radius 2 is 1.73 bits per heavy atom. The molecule has 0 aliphatic rings. The van der Waals surface area contributed by atoms with E-state index in [0.717, 1.165) is 31.7 Å². The van der Waals surface area contributed by atoms with E-state index in [2.05, 4.69) is 13.5 Å². The van der Waals surface area contributed by atoms with Crippen LogP contribution in [0.1, 0.15) is 27.2 Å². The van der Waals surface area contributed by atoms with Gasteiger partial charge in [-0.05, 0) is 32.4 Å². The Balaban J connectivity index is 4.01. The summed E-state index contributed by atoms with van der Waals surface area (Å²) >= 11 is 0. The van der Waals surface area contributed by atoms with Crippen LogP contribution in [-0.4, -0.2) is 28.4 Å². The van der Waals surface area contributed by atoms with E-state index in [1.807, 2.05) is 13.8 Å². The number of hydrogen-bond acceptors (Lipinski definition) is 3. The van der Waals surface area contributed by atoms with E-state index in [9.17, 15) is 0 Å². The van der Waals surface area contributed by atoms with Crippen LogP contribution in [0.5, 0.6) is 0 Å². The molecular weight excluding hydrogens is 208 g/mol. The molecule has 0 aromatic heterocycles. The average molecular weight is 232 g/mol. The standard InChI is InChI=1S/C11H24O3Si/c1-5-12-10-9-11-15(8-4,13-6-2)14-7-3/h5H,1,6-11H2,2-4H3. The van der Waals surface area contributed by atoms with Gasteiger partial charge in [-0.1, -0.05) is 13.5 Å². The van der Waals surface area contributed by atoms with Crippen molar-refractivity contribution in [1.82, 2.24) is 0 Å². The van der Waals surface area contributed by atoms with Gasteiger partial charge in [-0.2, -0.15) is 0 Å². The minimum absolute atomic E-state index is 0.707. The molecule has 0 radical (unpaired) electrons. The van der Waals surface area contributed by atoms with Crippen LogP contribution in [0, 0.1) is 0 Å². The van der Waals surface area contributed by atoms with Crippen LogP contribution in [0.15, 0.2) is 12.8 Å². The molecule has 90 valence electrons. The second-order valence-corrected chi connectivity index (χ2v) is 6.88.